The summed E-state index contributed by atoms with van der Waals surface area (Å²) in [5.74, 6) is -0.584. The van der Waals surface area contributed by atoms with E-state index in [4.69, 9.17) is 23.7 Å². The van der Waals surface area contributed by atoms with Crippen LogP contribution in [0, 0.1) is 0 Å². The Morgan fingerprint density at radius 2 is 0.925 bits per heavy atom. The van der Waals surface area contributed by atoms with Gasteiger partial charge in [0.25, 0.3) is 0 Å². The molecule has 0 unspecified atom stereocenters. The average molecular weight is 751 g/mol. The second-order valence-corrected chi connectivity index (χ2v) is 16.8. The van der Waals surface area contributed by atoms with E-state index in [-0.39, 0.29) is 26.2 Å². The van der Waals surface area contributed by atoms with Crippen molar-refractivity contribution in [1.82, 2.24) is 20.0 Å². The van der Waals surface area contributed by atoms with Gasteiger partial charge in [0.15, 0.2) is 0 Å². The number of rotatable bonds is 17. The van der Waals surface area contributed by atoms with E-state index in [0.29, 0.717) is 51.9 Å². The molecular formula is C39H66N4O10. The zero-order valence-electron chi connectivity index (χ0n) is 34.3. The molecule has 0 bridgehead atoms. The van der Waals surface area contributed by atoms with Gasteiger partial charge in [0.2, 0.25) is 0 Å². The average Bonchev–Trinajstić information content (AvgIpc) is 2.98. The van der Waals surface area contributed by atoms with E-state index in [1.54, 1.807) is 92.9 Å². The summed E-state index contributed by atoms with van der Waals surface area (Å²) in [6.07, 6.45) is -0.271. The van der Waals surface area contributed by atoms with E-state index in [2.05, 4.69) is 5.32 Å². The first-order chi connectivity index (χ1) is 24.3. The number of carbonyl (C=O) groups is 5. The molecule has 1 N–H and O–H groups in total. The molecule has 53 heavy (non-hydrogen) atoms. The van der Waals surface area contributed by atoms with Crippen molar-refractivity contribution in [3.05, 3.63) is 35.9 Å². The highest BCUT2D eigenvalue weighted by Crippen LogP contribution is 2.15. The van der Waals surface area contributed by atoms with E-state index in [9.17, 15) is 24.0 Å². The van der Waals surface area contributed by atoms with Crippen LogP contribution in [0.2, 0.25) is 0 Å². The molecule has 0 aromatic heterocycles. The summed E-state index contributed by atoms with van der Waals surface area (Å²) in [7, 11) is 0. The van der Waals surface area contributed by atoms with Crippen LogP contribution in [-0.2, 0) is 35.1 Å². The molecule has 0 radical (unpaired) electrons. The van der Waals surface area contributed by atoms with Gasteiger partial charge in [-0.25, -0.2) is 19.2 Å². The van der Waals surface area contributed by atoms with E-state index < -0.39 is 52.7 Å². The molecule has 1 rings (SSSR count). The third-order valence-corrected chi connectivity index (χ3v) is 6.75. The Bertz CT molecular complexity index is 1290. The molecule has 0 saturated heterocycles. The number of unbranched alkanes of at least 4 members (excludes halogenated alkanes) is 1. The monoisotopic (exact) mass is 750 g/mol. The third-order valence-electron chi connectivity index (χ3n) is 6.75. The summed E-state index contributed by atoms with van der Waals surface area (Å²) in [5, 5.41) is 2.71. The molecule has 14 nitrogen and oxygen atoms in total. The predicted molar refractivity (Wildman–Crippen MR) is 202 cm³/mol. The van der Waals surface area contributed by atoms with Gasteiger partial charge in [-0.3, -0.25) is 9.69 Å². The van der Waals surface area contributed by atoms with Gasteiger partial charge in [0, 0.05) is 39.3 Å². The summed E-state index contributed by atoms with van der Waals surface area (Å²) in [5.41, 5.74) is -2.01. The highest BCUT2D eigenvalue weighted by molar-refractivity contribution is 5.78. The van der Waals surface area contributed by atoms with Crippen LogP contribution < -0.4 is 5.32 Å². The number of amides is 4. The number of nitrogens with zero attached hydrogens (tertiary/aromatic N) is 3. The molecule has 302 valence electrons. The molecule has 0 aliphatic rings. The van der Waals surface area contributed by atoms with Gasteiger partial charge < -0.3 is 38.8 Å². The lowest BCUT2D eigenvalue weighted by molar-refractivity contribution is -0.146. The van der Waals surface area contributed by atoms with Crippen LogP contribution >= 0.6 is 0 Å². The number of alkyl carbamates (subject to hydrolysis) is 1. The minimum atomic E-state index is -0.784. The largest absolute Gasteiger partial charge is 0.459 e. The zero-order valence-corrected chi connectivity index (χ0v) is 34.3. The van der Waals surface area contributed by atoms with Crippen molar-refractivity contribution in [3.63, 3.8) is 0 Å². The Morgan fingerprint density at radius 3 is 1.38 bits per heavy atom. The zero-order chi connectivity index (χ0) is 40.5. The lowest BCUT2D eigenvalue weighted by atomic mass is 10.2. The third kappa shape index (κ3) is 23.9. The number of carbonyl (C=O) groups excluding carboxylic acids is 5. The van der Waals surface area contributed by atoms with E-state index in [1.807, 2.05) is 30.3 Å². The maximum Gasteiger partial charge on any atom is 0.410 e. The Labute approximate surface area is 317 Å². The Morgan fingerprint density at radius 1 is 0.528 bits per heavy atom. The first kappa shape index (κ1) is 46.8. The molecule has 0 heterocycles. The van der Waals surface area contributed by atoms with Crippen molar-refractivity contribution in [2.75, 3.05) is 45.8 Å². The summed E-state index contributed by atoms with van der Waals surface area (Å²) < 4.78 is 27.5. The molecular weight excluding hydrogens is 684 g/mol. The number of hydrogen-bond acceptors (Lipinski definition) is 10. The van der Waals surface area contributed by atoms with Crippen LogP contribution in [0.3, 0.4) is 0 Å². The highest BCUT2D eigenvalue weighted by atomic mass is 16.6. The van der Waals surface area contributed by atoms with E-state index in [1.165, 1.54) is 4.90 Å². The Balaban J connectivity index is 2.91. The highest BCUT2D eigenvalue weighted by Gasteiger charge is 2.27. The van der Waals surface area contributed by atoms with Gasteiger partial charge in [0.1, 0.15) is 35.6 Å². The molecule has 1 aromatic carbocycles. The van der Waals surface area contributed by atoms with Crippen molar-refractivity contribution in [3.8, 4) is 0 Å². The van der Waals surface area contributed by atoms with Gasteiger partial charge >= 0.3 is 30.3 Å². The van der Waals surface area contributed by atoms with E-state index >= 15 is 0 Å². The molecule has 0 fully saturated rings. The molecule has 0 aliphatic heterocycles. The molecule has 0 atom stereocenters. The number of esters is 1. The molecule has 0 saturated carbocycles. The molecule has 0 spiro atoms. The van der Waals surface area contributed by atoms with Crippen molar-refractivity contribution in [2.24, 2.45) is 0 Å². The minimum absolute atomic E-state index is 0.0720. The fourth-order valence-corrected chi connectivity index (χ4v) is 4.57. The van der Waals surface area contributed by atoms with Crippen molar-refractivity contribution in [1.29, 1.82) is 0 Å². The Kier molecular flexibility index (Phi) is 19.0. The van der Waals surface area contributed by atoms with Crippen molar-refractivity contribution in [2.45, 2.75) is 138 Å². The smallest absolute Gasteiger partial charge is 0.410 e. The molecule has 1 aromatic rings. The summed E-state index contributed by atoms with van der Waals surface area (Å²) in [6, 6.07) is 9.24. The fourth-order valence-electron chi connectivity index (χ4n) is 4.57. The van der Waals surface area contributed by atoms with Crippen LogP contribution in [0.4, 0.5) is 19.2 Å². The topological polar surface area (TPSA) is 153 Å². The maximum atomic E-state index is 13.3. The quantitative estimate of drug-likeness (QED) is 0.0961. The minimum Gasteiger partial charge on any atom is -0.459 e. The van der Waals surface area contributed by atoms with Gasteiger partial charge in [-0.1, -0.05) is 30.3 Å². The summed E-state index contributed by atoms with van der Waals surface area (Å²) in [4.78, 5) is 68.6. The van der Waals surface area contributed by atoms with Crippen LogP contribution in [0.1, 0.15) is 114 Å². The van der Waals surface area contributed by atoms with Crippen LogP contribution in [0.15, 0.2) is 30.3 Å². The lowest BCUT2D eigenvalue weighted by Crippen LogP contribution is -2.43. The van der Waals surface area contributed by atoms with E-state index in [0.717, 1.165) is 5.56 Å². The van der Waals surface area contributed by atoms with Crippen LogP contribution in [-0.4, -0.2) is 113 Å². The molecule has 0 aliphatic carbocycles. The normalized spacial score (nSPS) is 11.9. The number of ether oxygens (including phenoxy) is 5. The maximum absolute atomic E-state index is 13.3. The van der Waals surface area contributed by atoms with Gasteiger partial charge in [0.05, 0.1) is 0 Å². The second kappa shape index (κ2) is 21.5. The lowest BCUT2D eigenvalue weighted by Gasteiger charge is -2.30. The van der Waals surface area contributed by atoms with Gasteiger partial charge in [-0.2, -0.15) is 0 Å². The number of hydrogen-bond donors (Lipinski definition) is 1. The number of nitrogens with one attached hydrogen (secondary N) is 1. The Hall–Kier alpha value is -4.23. The molecule has 4 amide bonds. The SMILES string of the molecule is CC(C)(C)OC(=O)NCCCN(CCCCN(CCCN(CC(=O)OCc1ccccc1)C(=O)OC(C)(C)C)C(=O)OC(C)(C)C)C(=O)OC(C)(C)C. The first-order valence-electron chi connectivity index (χ1n) is 18.4. The van der Waals surface area contributed by atoms with Crippen molar-refractivity contribution >= 4 is 30.3 Å². The van der Waals surface area contributed by atoms with Crippen LogP contribution in [0.5, 0.6) is 0 Å². The first-order valence-corrected chi connectivity index (χ1v) is 18.4. The second-order valence-electron chi connectivity index (χ2n) is 16.8. The number of benzene rings is 1. The summed E-state index contributed by atoms with van der Waals surface area (Å²) >= 11 is 0. The van der Waals surface area contributed by atoms with Gasteiger partial charge in [-0.15, -0.1) is 0 Å². The summed E-state index contributed by atoms with van der Waals surface area (Å²) in [6.45, 7) is 22.8. The standard InChI is InChI=1S/C39H66N4O10/c1-36(2,3)50-32(45)40-22-18-25-41(33(46)51-37(4,5)6)23-16-17-24-42(34(47)52-38(7,8)9)26-19-27-43(35(48)53-39(10,11)12)28-31(44)49-29-30-20-14-13-15-21-30/h13-15,20-21H,16-19,22-29H2,1-12H3,(H,40,45). The van der Waals surface area contributed by atoms with Crippen LogP contribution in [0.25, 0.3) is 0 Å². The fraction of sp³-hybridized carbons (Fsp3) is 0.718. The van der Waals surface area contributed by atoms with Crippen molar-refractivity contribution < 1.29 is 47.7 Å². The predicted octanol–water partition coefficient (Wildman–Crippen LogP) is 7.53. The van der Waals surface area contributed by atoms with Gasteiger partial charge in [-0.05, 0) is 114 Å². The molecule has 14 heteroatoms.